The SMILES string of the molecule is O=C1c2ccccc2C(=O)N1[C@H]1COC[C@@H]1c1ccc(C(F)(F)F)cc1. The predicted octanol–water partition coefficient (Wildman–Crippen LogP) is 3.48. The average Bonchev–Trinajstić information content (AvgIpc) is 3.18. The second-order valence-corrected chi connectivity index (χ2v) is 6.36. The molecule has 2 aromatic rings. The molecule has 0 spiro atoms. The Hall–Kier alpha value is -2.67. The molecule has 0 saturated carbocycles. The molecule has 2 aromatic carbocycles. The van der Waals surface area contributed by atoms with Crippen molar-refractivity contribution in [3.05, 3.63) is 70.8 Å². The van der Waals surface area contributed by atoms with Crippen LogP contribution in [0, 0.1) is 0 Å². The minimum atomic E-state index is -4.41. The van der Waals surface area contributed by atoms with Crippen LogP contribution in [-0.4, -0.2) is 36.0 Å². The zero-order valence-electron chi connectivity index (χ0n) is 13.5. The lowest BCUT2D eigenvalue weighted by Crippen LogP contribution is -2.43. The third kappa shape index (κ3) is 2.59. The van der Waals surface area contributed by atoms with Crippen molar-refractivity contribution >= 4 is 11.8 Å². The first-order valence-corrected chi connectivity index (χ1v) is 8.10. The van der Waals surface area contributed by atoms with Gasteiger partial charge in [0, 0.05) is 5.92 Å². The summed E-state index contributed by atoms with van der Waals surface area (Å²) in [6, 6.07) is 10.8. The number of hydrogen-bond donors (Lipinski definition) is 0. The summed E-state index contributed by atoms with van der Waals surface area (Å²) >= 11 is 0. The maximum Gasteiger partial charge on any atom is 0.416 e. The third-order valence-electron chi connectivity index (χ3n) is 4.87. The van der Waals surface area contributed by atoms with Crippen molar-refractivity contribution < 1.29 is 27.5 Å². The number of carbonyl (C=O) groups excluding carboxylic acids is 2. The van der Waals surface area contributed by atoms with Crippen LogP contribution in [0.25, 0.3) is 0 Å². The fourth-order valence-corrected chi connectivity index (χ4v) is 3.54. The van der Waals surface area contributed by atoms with E-state index in [9.17, 15) is 22.8 Å². The summed E-state index contributed by atoms with van der Waals surface area (Å²) in [5.74, 6) is -1.14. The second kappa shape index (κ2) is 5.95. The lowest BCUT2D eigenvalue weighted by atomic mass is 9.92. The van der Waals surface area contributed by atoms with Gasteiger partial charge in [-0.2, -0.15) is 13.2 Å². The van der Waals surface area contributed by atoms with Crippen molar-refractivity contribution in [3.63, 3.8) is 0 Å². The van der Waals surface area contributed by atoms with Gasteiger partial charge in [-0.3, -0.25) is 14.5 Å². The smallest absolute Gasteiger partial charge is 0.379 e. The molecule has 2 atom stereocenters. The summed E-state index contributed by atoms with van der Waals surface area (Å²) < 4.78 is 43.7. The summed E-state index contributed by atoms with van der Waals surface area (Å²) in [6.07, 6.45) is -4.41. The van der Waals surface area contributed by atoms with Crippen molar-refractivity contribution in [3.8, 4) is 0 Å². The number of nitrogens with zero attached hydrogens (tertiary/aromatic N) is 1. The van der Waals surface area contributed by atoms with Crippen molar-refractivity contribution in [2.45, 2.75) is 18.1 Å². The Morgan fingerprint density at radius 3 is 2.00 bits per heavy atom. The summed E-state index contributed by atoms with van der Waals surface area (Å²) in [6.45, 7) is 0.403. The van der Waals surface area contributed by atoms with Gasteiger partial charge in [-0.25, -0.2) is 0 Å². The number of halogens is 3. The Kier molecular flexibility index (Phi) is 3.84. The molecule has 0 radical (unpaired) electrons. The van der Waals surface area contributed by atoms with Crippen molar-refractivity contribution in [1.29, 1.82) is 0 Å². The van der Waals surface area contributed by atoms with E-state index in [1.165, 1.54) is 17.0 Å². The lowest BCUT2D eigenvalue weighted by Gasteiger charge is -2.26. The monoisotopic (exact) mass is 361 g/mol. The highest BCUT2D eigenvalue weighted by Gasteiger charge is 2.45. The van der Waals surface area contributed by atoms with Crippen LogP contribution in [0.1, 0.15) is 37.8 Å². The maximum atomic E-state index is 12.8. The van der Waals surface area contributed by atoms with Gasteiger partial charge in [-0.1, -0.05) is 24.3 Å². The van der Waals surface area contributed by atoms with Gasteiger partial charge in [0.05, 0.1) is 35.9 Å². The highest BCUT2D eigenvalue weighted by Crippen LogP contribution is 2.36. The van der Waals surface area contributed by atoms with E-state index in [2.05, 4.69) is 0 Å². The molecule has 0 unspecified atom stereocenters. The number of fused-ring (bicyclic) bond motifs is 1. The maximum absolute atomic E-state index is 12.8. The minimum Gasteiger partial charge on any atom is -0.379 e. The van der Waals surface area contributed by atoms with E-state index < -0.39 is 29.6 Å². The zero-order chi connectivity index (χ0) is 18.5. The Bertz CT molecular complexity index is 841. The van der Waals surface area contributed by atoms with Crippen LogP contribution in [0.2, 0.25) is 0 Å². The molecule has 134 valence electrons. The van der Waals surface area contributed by atoms with Crippen molar-refractivity contribution in [1.82, 2.24) is 4.90 Å². The molecule has 2 amide bonds. The van der Waals surface area contributed by atoms with Gasteiger partial charge < -0.3 is 4.74 Å². The van der Waals surface area contributed by atoms with Gasteiger partial charge in [0.1, 0.15) is 0 Å². The van der Waals surface area contributed by atoms with Gasteiger partial charge in [-0.05, 0) is 29.8 Å². The number of alkyl halides is 3. The van der Waals surface area contributed by atoms with E-state index in [1.807, 2.05) is 0 Å². The highest BCUT2D eigenvalue weighted by atomic mass is 19.4. The summed E-state index contributed by atoms with van der Waals surface area (Å²) in [4.78, 5) is 26.5. The molecule has 26 heavy (non-hydrogen) atoms. The van der Waals surface area contributed by atoms with Crippen LogP contribution in [0.5, 0.6) is 0 Å². The quantitative estimate of drug-likeness (QED) is 0.770. The van der Waals surface area contributed by atoms with Crippen LogP contribution in [-0.2, 0) is 10.9 Å². The second-order valence-electron chi connectivity index (χ2n) is 6.36. The molecule has 2 aliphatic heterocycles. The standard InChI is InChI=1S/C19H14F3NO3/c20-19(21,22)12-7-5-11(6-8-12)15-9-26-10-16(15)23-17(24)13-3-1-2-4-14(13)18(23)25/h1-8,15-16H,9-10H2/t15-,16+/m1/s1. The number of carbonyl (C=O) groups is 2. The molecule has 0 N–H and O–H groups in total. The third-order valence-corrected chi connectivity index (χ3v) is 4.87. The Morgan fingerprint density at radius 1 is 0.885 bits per heavy atom. The van der Waals surface area contributed by atoms with E-state index in [4.69, 9.17) is 4.74 Å². The van der Waals surface area contributed by atoms with Gasteiger partial charge in [-0.15, -0.1) is 0 Å². The molecule has 4 nitrogen and oxygen atoms in total. The Balaban J connectivity index is 1.64. The zero-order valence-corrected chi connectivity index (χ0v) is 13.5. The molecule has 4 rings (SSSR count). The van der Waals surface area contributed by atoms with Crippen molar-refractivity contribution in [2.24, 2.45) is 0 Å². The van der Waals surface area contributed by atoms with Gasteiger partial charge in [0.15, 0.2) is 0 Å². The first-order valence-electron chi connectivity index (χ1n) is 8.10. The molecule has 7 heteroatoms. The minimum absolute atomic E-state index is 0.164. The number of imide groups is 1. The van der Waals surface area contributed by atoms with Crippen LogP contribution < -0.4 is 0 Å². The summed E-state index contributed by atoms with van der Waals surface area (Å²) in [5, 5.41) is 0. The normalized spacial score (nSPS) is 22.8. The largest absolute Gasteiger partial charge is 0.416 e. The molecule has 0 aliphatic carbocycles. The summed E-state index contributed by atoms with van der Waals surface area (Å²) in [7, 11) is 0. The fraction of sp³-hybridized carbons (Fsp3) is 0.263. The molecule has 1 saturated heterocycles. The fourth-order valence-electron chi connectivity index (χ4n) is 3.54. The molecule has 2 heterocycles. The Morgan fingerprint density at radius 2 is 1.46 bits per heavy atom. The number of hydrogen-bond acceptors (Lipinski definition) is 3. The molecule has 0 aromatic heterocycles. The van der Waals surface area contributed by atoms with E-state index in [0.29, 0.717) is 16.7 Å². The van der Waals surface area contributed by atoms with Gasteiger partial charge >= 0.3 is 6.18 Å². The van der Waals surface area contributed by atoms with Gasteiger partial charge in [0.25, 0.3) is 11.8 Å². The predicted molar refractivity (Wildman–Crippen MR) is 85.7 cm³/mol. The highest BCUT2D eigenvalue weighted by molar-refractivity contribution is 6.21. The van der Waals surface area contributed by atoms with Crippen LogP contribution in [0.15, 0.2) is 48.5 Å². The Labute approximate surface area is 147 Å². The molecular formula is C19H14F3NO3. The lowest BCUT2D eigenvalue weighted by molar-refractivity contribution is -0.137. The van der Waals surface area contributed by atoms with Crippen LogP contribution in [0.4, 0.5) is 13.2 Å². The first kappa shape index (κ1) is 16.8. The number of amides is 2. The van der Waals surface area contributed by atoms with E-state index >= 15 is 0 Å². The number of rotatable bonds is 2. The van der Waals surface area contributed by atoms with Crippen LogP contribution in [0.3, 0.4) is 0 Å². The molecule has 1 fully saturated rings. The topological polar surface area (TPSA) is 46.6 Å². The van der Waals surface area contributed by atoms with E-state index in [1.54, 1.807) is 24.3 Å². The van der Waals surface area contributed by atoms with Crippen molar-refractivity contribution in [2.75, 3.05) is 13.2 Å². The molecule has 0 bridgehead atoms. The molecule has 2 aliphatic rings. The van der Waals surface area contributed by atoms with E-state index in [-0.39, 0.29) is 19.1 Å². The van der Waals surface area contributed by atoms with E-state index in [0.717, 1.165) is 12.1 Å². The summed E-state index contributed by atoms with van der Waals surface area (Å²) in [5.41, 5.74) is 0.556. The number of benzene rings is 2. The van der Waals surface area contributed by atoms with Crippen LogP contribution >= 0.6 is 0 Å². The first-order chi connectivity index (χ1) is 12.4. The molecular weight excluding hydrogens is 347 g/mol. The average molecular weight is 361 g/mol. The number of ether oxygens (including phenoxy) is 1. The van der Waals surface area contributed by atoms with Gasteiger partial charge in [0.2, 0.25) is 0 Å².